The van der Waals surface area contributed by atoms with Crippen LogP contribution in [-0.4, -0.2) is 71.4 Å². The maximum Gasteiger partial charge on any atom is 0.328 e. The van der Waals surface area contributed by atoms with E-state index in [1.807, 2.05) is 0 Å². The molecule has 3 unspecified atom stereocenters. The van der Waals surface area contributed by atoms with Crippen molar-refractivity contribution >= 4 is 42.9 Å². The summed E-state index contributed by atoms with van der Waals surface area (Å²) < 4.78 is 31.1. The van der Waals surface area contributed by atoms with Crippen LogP contribution in [0.2, 0.25) is 0 Å². The van der Waals surface area contributed by atoms with Crippen molar-refractivity contribution in [1.82, 2.24) is 19.5 Å². The fraction of sp³-hybridized carbons (Fsp3) is 0.667. The molecular formula is C15H23N5O7P2S. The van der Waals surface area contributed by atoms with Crippen LogP contribution >= 0.6 is 14.1 Å². The molecule has 1 saturated carbocycles. The monoisotopic (exact) mass is 479 g/mol. The van der Waals surface area contributed by atoms with Crippen LogP contribution in [0.15, 0.2) is 12.7 Å². The molecule has 4 rings (SSSR count). The van der Waals surface area contributed by atoms with Gasteiger partial charge in [0.2, 0.25) is 0 Å². The Bertz CT molecular complexity index is 1050. The van der Waals surface area contributed by atoms with Crippen molar-refractivity contribution in [3.63, 3.8) is 0 Å². The molecule has 30 heavy (non-hydrogen) atoms. The van der Waals surface area contributed by atoms with Crippen molar-refractivity contribution in [3.05, 3.63) is 12.7 Å². The number of hydrogen-bond acceptors (Lipinski definition) is 9. The van der Waals surface area contributed by atoms with Gasteiger partial charge in [0, 0.05) is 19.2 Å². The third kappa shape index (κ3) is 3.94. The third-order valence-corrected chi connectivity index (χ3v) is 9.37. The summed E-state index contributed by atoms with van der Waals surface area (Å²) >= 11 is 5.20. The molecule has 0 aromatic carbocycles. The molecule has 2 aliphatic rings. The lowest BCUT2D eigenvalue weighted by molar-refractivity contribution is -0.0525. The Morgan fingerprint density at radius 3 is 2.67 bits per heavy atom. The summed E-state index contributed by atoms with van der Waals surface area (Å²) in [4.78, 5) is 42.0. The molecule has 2 aromatic heterocycles. The number of hydrogen-bond donors (Lipinski definition) is 4. The Morgan fingerprint density at radius 2 is 2.07 bits per heavy atom. The van der Waals surface area contributed by atoms with Gasteiger partial charge in [-0.3, -0.25) is 9.13 Å². The van der Waals surface area contributed by atoms with Gasteiger partial charge in [-0.2, -0.15) is 0 Å². The van der Waals surface area contributed by atoms with Gasteiger partial charge in [-0.1, -0.05) is 6.92 Å². The van der Waals surface area contributed by atoms with Crippen molar-refractivity contribution < 1.29 is 33.2 Å². The Labute approximate surface area is 177 Å². The molecule has 1 aliphatic carbocycles. The lowest BCUT2D eigenvalue weighted by atomic mass is 10.1. The van der Waals surface area contributed by atoms with Crippen LogP contribution in [0.1, 0.15) is 19.6 Å². The van der Waals surface area contributed by atoms with Crippen LogP contribution in [0, 0.1) is 5.92 Å². The normalized spacial score (nSPS) is 33.6. The summed E-state index contributed by atoms with van der Waals surface area (Å²) in [5, 5.41) is 0. The maximum absolute atomic E-state index is 11.7. The standard InChI is InChI=1S/C15H23N5O7P2S/c1-3-28(21,30)27-11-10(7-4-8(7)29(22,23)24)26-15(12(11)25-2)20-6-19-9-13(16)17-5-18-14(9)20/h5-8,10-12,15H,3-4H2,1-2H3,(H,21,30)(H2,16,17,18)(H2,22,23,24)/t7?,8?,10-,11+,12+,15-,28?/m1/s1. The predicted molar refractivity (Wildman–Crippen MR) is 110 cm³/mol. The first-order chi connectivity index (χ1) is 14.1. The van der Waals surface area contributed by atoms with Gasteiger partial charge in [0.25, 0.3) is 0 Å². The van der Waals surface area contributed by atoms with Crippen molar-refractivity contribution in [2.75, 3.05) is 19.0 Å². The zero-order chi connectivity index (χ0) is 21.8. The first-order valence-electron chi connectivity index (χ1n) is 9.24. The van der Waals surface area contributed by atoms with Gasteiger partial charge < -0.3 is 34.4 Å². The van der Waals surface area contributed by atoms with E-state index >= 15 is 0 Å². The Morgan fingerprint density at radius 1 is 1.33 bits per heavy atom. The van der Waals surface area contributed by atoms with Crippen molar-refractivity contribution in [3.8, 4) is 0 Å². The summed E-state index contributed by atoms with van der Waals surface area (Å²) in [5.41, 5.74) is 5.83. The number of imidazole rings is 1. The second-order valence-corrected chi connectivity index (χ2v) is 13.0. The Hall–Kier alpha value is -1.01. The third-order valence-electron chi connectivity index (χ3n) is 5.50. The molecular weight excluding hydrogens is 456 g/mol. The molecule has 166 valence electrons. The van der Waals surface area contributed by atoms with Crippen LogP contribution in [0.4, 0.5) is 5.82 Å². The topological polar surface area (TPSA) is 175 Å². The summed E-state index contributed by atoms with van der Waals surface area (Å²) in [7, 11) is -2.82. The van der Waals surface area contributed by atoms with E-state index in [9.17, 15) is 19.2 Å². The van der Waals surface area contributed by atoms with E-state index in [-0.39, 0.29) is 18.4 Å². The number of anilines is 1. The van der Waals surface area contributed by atoms with E-state index in [2.05, 4.69) is 15.0 Å². The molecule has 0 bridgehead atoms. The minimum absolute atomic E-state index is 0.204. The largest absolute Gasteiger partial charge is 0.382 e. The van der Waals surface area contributed by atoms with Gasteiger partial charge in [0.15, 0.2) is 24.2 Å². The molecule has 0 radical (unpaired) electrons. The van der Waals surface area contributed by atoms with Gasteiger partial charge in [0.05, 0.1) is 18.1 Å². The average Bonchev–Trinajstić information content (AvgIpc) is 3.25. The summed E-state index contributed by atoms with van der Waals surface area (Å²) in [6.45, 7) is -1.42. The van der Waals surface area contributed by atoms with E-state index in [0.717, 1.165) is 0 Å². The summed E-state index contributed by atoms with van der Waals surface area (Å²) in [6.07, 6.45) is 0.206. The van der Waals surface area contributed by atoms with Crippen LogP contribution in [0.5, 0.6) is 0 Å². The highest BCUT2D eigenvalue weighted by Gasteiger charge is 2.61. The average molecular weight is 479 g/mol. The maximum atomic E-state index is 11.7. The minimum atomic E-state index is -4.29. The number of rotatable bonds is 7. The molecule has 0 spiro atoms. The Balaban J connectivity index is 1.72. The summed E-state index contributed by atoms with van der Waals surface area (Å²) in [5.74, 6) is -0.254. The quantitative estimate of drug-likeness (QED) is 0.408. The number of aromatic nitrogens is 4. The minimum Gasteiger partial charge on any atom is -0.382 e. The second kappa shape index (κ2) is 7.84. The highest BCUT2D eigenvalue weighted by molar-refractivity contribution is 8.09. The van der Waals surface area contributed by atoms with Gasteiger partial charge in [0.1, 0.15) is 24.1 Å². The fourth-order valence-electron chi connectivity index (χ4n) is 3.87. The molecule has 5 N–H and O–H groups in total. The molecule has 2 aromatic rings. The molecule has 15 heteroatoms. The highest BCUT2D eigenvalue weighted by Crippen LogP contribution is 2.62. The fourth-order valence-corrected chi connectivity index (χ4v) is 6.12. The van der Waals surface area contributed by atoms with Crippen molar-refractivity contribution in [2.45, 2.75) is 43.5 Å². The van der Waals surface area contributed by atoms with Crippen molar-refractivity contribution in [1.29, 1.82) is 0 Å². The molecule has 12 nitrogen and oxygen atoms in total. The van der Waals surface area contributed by atoms with E-state index in [1.165, 1.54) is 19.8 Å². The van der Waals surface area contributed by atoms with E-state index < -0.39 is 50.2 Å². The predicted octanol–water partition coefficient (Wildman–Crippen LogP) is 0.594. The second-order valence-electron chi connectivity index (χ2n) is 7.35. The molecule has 1 aliphatic heterocycles. The smallest absolute Gasteiger partial charge is 0.328 e. The number of nitrogen functional groups attached to an aromatic ring is 1. The van der Waals surface area contributed by atoms with Crippen LogP contribution in [-0.2, 0) is 30.4 Å². The Kier molecular flexibility index (Phi) is 5.80. The number of nitrogens with zero attached hydrogens (tertiary/aromatic N) is 4. The molecule has 0 amide bonds. The van der Waals surface area contributed by atoms with Gasteiger partial charge >= 0.3 is 7.60 Å². The zero-order valence-electron chi connectivity index (χ0n) is 16.2. The van der Waals surface area contributed by atoms with Gasteiger partial charge in [-0.15, -0.1) is 0 Å². The van der Waals surface area contributed by atoms with Crippen LogP contribution < -0.4 is 5.73 Å². The van der Waals surface area contributed by atoms with Crippen LogP contribution in [0.3, 0.4) is 0 Å². The van der Waals surface area contributed by atoms with Crippen LogP contribution in [0.25, 0.3) is 11.2 Å². The van der Waals surface area contributed by atoms with Crippen molar-refractivity contribution in [2.24, 2.45) is 5.92 Å². The molecule has 2 fully saturated rings. The molecule has 1 saturated heterocycles. The van der Waals surface area contributed by atoms with E-state index in [1.54, 1.807) is 11.5 Å². The van der Waals surface area contributed by atoms with Gasteiger partial charge in [-0.25, -0.2) is 15.0 Å². The molecule has 3 heterocycles. The van der Waals surface area contributed by atoms with E-state index in [0.29, 0.717) is 11.2 Å². The number of ether oxygens (including phenoxy) is 2. The first-order valence-corrected chi connectivity index (χ1v) is 13.8. The summed E-state index contributed by atoms with van der Waals surface area (Å²) in [6, 6.07) is 0. The first kappa shape index (κ1) is 22.2. The molecule has 7 atom stereocenters. The lowest BCUT2D eigenvalue weighted by Gasteiger charge is -2.27. The number of fused-ring (bicyclic) bond motifs is 1. The highest BCUT2D eigenvalue weighted by atomic mass is 32.5. The lowest BCUT2D eigenvalue weighted by Crippen LogP contribution is -2.36. The van der Waals surface area contributed by atoms with E-state index in [4.69, 9.17) is 31.5 Å². The SMILES string of the molecule is CCP(O)(=S)O[C@@H]1[C@H](OC)[C@H](n2cnc3c(N)ncnc32)O[C@@H]1C1CC1P(=O)(O)O. The van der Waals surface area contributed by atoms with Gasteiger partial charge in [-0.05, 0) is 18.2 Å². The number of methoxy groups -OCH3 is 1. The zero-order valence-corrected chi connectivity index (χ0v) is 18.8. The number of nitrogens with two attached hydrogens (primary N) is 1.